The quantitative estimate of drug-likeness (QED) is 0.141. The Hall–Kier alpha value is -3.71. The Morgan fingerprint density at radius 1 is 0.892 bits per heavy atom. The average Bonchev–Trinajstić information content (AvgIpc) is 2.83. The van der Waals surface area contributed by atoms with E-state index in [2.05, 4.69) is 16.0 Å². The third kappa shape index (κ3) is 10.4. The van der Waals surface area contributed by atoms with Gasteiger partial charge in [-0.15, -0.1) is 0 Å². The summed E-state index contributed by atoms with van der Waals surface area (Å²) in [6.07, 6.45) is -1.83. The fourth-order valence-electron chi connectivity index (χ4n) is 3.31. The van der Waals surface area contributed by atoms with Gasteiger partial charge in [-0.05, 0) is 37.0 Å². The maximum atomic E-state index is 13.2. The summed E-state index contributed by atoms with van der Waals surface area (Å²) in [5.41, 5.74) is 6.55. The molecule has 0 bridgehead atoms. The van der Waals surface area contributed by atoms with E-state index >= 15 is 0 Å². The first-order valence-electron chi connectivity index (χ1n) is 11.8. The number of amides is 3. The van der Waals surface area contributed by atoms with Crippen LogP contribution in [0.2, 0.25) is 0 Å². The molecule has 0 saturated heterocycles. The number of carboxylic acid groups (broad SMARTS) is 2. The number of aliphatic hydroxyl groups excluding tert-OH is 1. The normalized spacial score (nSPS) is 15.8. The Morgan fingerprint density at radius 2 is 1.43 bits per heavy atom. The van der Waals surface area contributed by atoms with Crippen molar-refractivity contribution in [2.75, 3.05) is 0 Å². The molecule has 0 aliphatic rings. The molecule has 0 saturated carbocycles. The molecule has 6 unspecified atom stereocenters. The van der Waals surface area contributed by atoms with E-state index in [1.165, 1.54) is 24.3 Å². The second-order valence-electron chi connectivity index (χ2n) is 8.90. The van der Waals surface area contributed by atoms with Crippen molar-refractivity contribution in [3.63, 3.8) is 0 Å². The summed E-state index contributed by atoms with van der Waals surface area (Å²) in [6.45, 7) is 4.77. The third-order valence-electron chi connectivity index (χ3n) is 5.89. The Bertz CT molecular complexity index is 952. The van der Waals surface area contributed by atoms with E-state index < -0.39 is 66.4 Å². The fraction of sp³-hybridized carbons (Fsp3) is 0.542. The average molecular weight is 525 g/mol. The van der Waals surface area contributed by atoms with Crippen LogP contribution in [0.4, 0.5) is 0 Å². The number of carboxylic acids is 2. The number of aromatic hydroxyl groups is 1. The molecule has 37 heavy (non-hydrogen) atoms. The number of nitrogens with two attached hydrogens (primary N) is 1. The van der Waals surface area contributed by atoms with Gasteiger partial charge in [-0.25, -0.2) is 4.79 Å². The van der Waals surface area contributed by atoms with Gasteiger partial charge in [-0.1, -0.05) is 32.4 Å². The zero-order chi connectivity index (χ0) is 28.3. The lowest BCUT2D eigenvalue weighted by atomic mass is 9.98. The molecule has 0 heterocycles. The smallest absolute Gasteiger partial charge is 0.328 e. The van der Waals surface area contributed by atoms with Gasteiger partial charge >= 0.3 is 11.9 Å². The minimum Gasteiger partial charge on any atom is -0.508 e. The first-order valence-corrected chi connectivity index (χ1v) is 11.8. The number of hydrogen-bond acceptors (Lipinski definition) is 8. The topological polar surface area (TPSA) is 228 Å². The lowest BCUT2D eigenvalue weighted by Gasteiger charge is -2.26. The van der Waals surface area contributed by atoms with Gasteiger partial charge in [-0.3, -0.25) is 19.2 Å². The van der Waals surface area contributed by atoms with Gasteiger partial charge in [0.25, 0.3) is 0 Å². The van der Waals surface area contributed by atoms with E-state index in [9.17, 15) is 39.3 Å². The minimum absolute atomic E-state index is 0.0101. The molecule has 0 aliphatic carbocycles. The van der Waals surface area contributed by atoms with Crippen molar-refractivity contribution in [3.05, 3.63) is 29.8 Å². The third-order valence-corrected chi connectivity index (χ3v) is 5.89. The van der Waals surface area contributed by atoms with Crippen molar-refractivity contribution in [2.45, 2.75) is 76.7 Å². The van der Waals surface area contributed by atoms with Crippen LogP contribution in [0.3, 0.4) is 0 Å². The number of phenols is 1. The summed E-state index contributed by atoms with van der Waals surface area (Å²) < 4.78 is 0. The van der Waals surface area contributed by atoms with Crippen LogP contribution in [-0.2, 0) is 30.4 Å². The molecule has 0 aliphatic heterocycles. The molecule has 0 spiro atoms. The monoisotopic (exact) mass is 524 g/mol. The summed E-state index contributed by atoms with van der Waals surface area (Å²) in [7, 11) is 0. The van der Waals surface area contributed by atoms with Crippen molar-refractivity contribution >= 4 is 29.7 Å². The SMILES string of the molecule is CCC(C)C(N)C(=O)NC(Cc1ccc(O)cc1)C(=O)NC(CCC(=O)O)C(=O)NC(C(=O)O)C(C)O. The molecule has 1 aromatic rings. The second kappa shape index (κ2) is 14.8. The minimum atomic E-state index is -1.70. The first-order chi connectivity index (χ1) is 17.3. The largest absolute Gasteiger partial charge is 0.508 e. The van der Waals surface area contributed by atoms with Gasteiger partial charge in [0.15, 0.2) is 6.04 Å². The van der Waals surface area contributed by atoms with Gasteiger partial charge in [-0.2, -0.15) is 0 Å². The summed E-state index contributed by atoms with van der Waals surface area (Å²) >= 11 is 0. The maximum Gasteiger partial charge on any atom is 0.328 e. The predicted octanol–water partition coefficient (Wildman–Crippen LogP) is -0.907. The van der Waals surface area contributed by atoms with Crippen LogP contribution < -0.4 is 21.7 Å². The van der Waals surface area contributed by atoms with Crippen LogP contribution in [0.15, 0.2) is 24.3 Å². The van der Waals surface area contributed by atoms with E-state index in [0.717, 1.165) is 6.92 Å². The number of phenolic OH excluding ortho intramolecular Hbond substituents is 1. The van der Waals surface area contributed by atoms with E-state index in [1.807, 2.05) is 6.92 Å². The molecular formula is C24H36N4O9. The maximum absolute atomic E-state index is 13.2. The number of carbonyl (C=O) groups excluding carboxylic acids is 3. The van der Waals surface area contributed by atoms with Crippen LogP contribution in [0, 0.1) is 5.92 Å². The Morgan fingerprint density at radius 3 is 1.92 bits per heavy atom. The number of benzene rings is 1. The molecular weight excluding hydrogens is 488 g/mol. The summed E-state index contributed by atoms with van der Waals surface area (Å²) in [5, 5.41) is 44.5. The molecule has 0 aromatic heterocycles. The highest BCUT2D eigenvalue weighted by Crippen LogP contribution is 2.13. The number of nitrogens with one attached hydrogen (secondary N) is 3. The highest BCUT2D eigenvalue weighted by atomic mass is 16.4. The number of carbonyl (C=O) groups is 5. The van der Waals surface area contributed by atoms with Gasteiger partial charge in [0, 0.05) is 12.8 Å². The van der Waals surface area contributed by atoms with Crippen LogP contribution in [0.1, 0.15) is 45.6 Å². The molecule has 9 N–H and O–H groups in total. The van der Waals surface area contributed by atoms with Crippen LogP contribution >= 0.6 is 0 Å². The van der Waals surface area contributed by atoms with Crippen molar-refractivity contribution in [1.29, 1.82) is 0 Å². The van der Waals surface area contributed by atoms with Crippen LogP contribution in [0.25, 0.3) is 0 Å². The van der Waals surface area contributed by atoms with Crippen molar-refractivity contribution in [3.8, 4) is 5.75 Å². The molecule has 1 rings (SSSR count). The molecule has 1 aromatic carbocycles. The number of hydrogen-bond donors (Lipinski definition) is 8. The van der Waals surface area contributed by atoms with Gasteiger partial charge < -0.3 is 42.1 Å². The van der Waals surface area contributed by atoms with Crippen molar-refractivity contribution < 1.29 is 44.4 Å². The van der Waals surface area contributed by atoms with Crippen LogP contribution in [0.5, 0.6) is 5.75 Å². The lowest BCUT2D eigenvalue weighted by molar-refractivity contribution is -0.145. The van der Waals surface area contributed by atoms with Crippen molar-refractivity contribution in [1.82, 2.24) is 16.0 Å². The number of rotatable bonds is 15. The van der Waals surface area contributed by atoms with Crippen LogP contribution in [-0.4, -0.2) is 80.4 Å². The van der Waals surface area contributed by atoms with E-state index in [0.29, 0.717) is 12.0 Å². The standard InChI is InChI=1S/C24H36N4O9/c1-4-12(2)19(25)23(35)27-17(11-14-5-7-15(30)8-6-14)22(34)26-16(9-10-18(31)32)21(33)28-20(13(3)29)24(36)37/h5-8,12-13,16-17,19-20,29-30H,4,9-11,25H2,1-3H3,(H,26,34)(H,27,35)(H,28,33)(H,31,32)(H,36,37). The molecule has 13 nitrogen and oxygen atoms in total. The predicted molar refractivity (Wildman–Crippen MR) is 131 cm³/mol. The summed E-state index contributed by atoms with van der Waals surface area (Å²) in [4.78, 5) is 61.2. The molecule has 13 heteroatoms. The van der Waals surface area contributed by atoms with E-state index in [4.69, 9.17) is 10.8 Å². The fourth-order valence-corrected chi connectivity index (χ4v) is 3.31. The highest BCUT2D eigenvalue weighted by Gasteiger charge is 2.32. The second-order valence-corrected chi connectivity index (χ2v) is 8.90. The Kier molecular flexibility index (Phi) is 12.5. The highest BCUT2D eigenvalue weighted by molar-refractivity contribution is 5.94. The van der Waals surface area contributed by atoms with E-state index in [-0.39, 0.29) is 24.5 Å². The Balaban J connectivity index is 3.19. The molecule has 6 atom stereocenters. The van der Waals surface area contributed by atoms with Gasteiger partial charge in [0.05, 0.1) is 12.1 Å². The lowest BCUT2D eigenvalue weighted by Crippen LogP contribution is -2.59. The zero-order valence-corrected chi connectivity index (χ0v) is 21.0. The number of aliphatic hydroxyl groups is 1. The molecule has 206 valence electrons. The van der Waals surface area contributed by atoms with Crippen molar-refractivity contribution in [2.24, 2.45) is 11.7 Å². The van der Waals surface area contributed by atoms with Gasteiger partial charge in [0.1, 0.15) is 17.8 Å². The molecule has 0 radical (unpaired) electrons. The Labute approximate surface area is 214 Å². The van der Waals surface area contributed by atoms with Gasteiger partial charge in [0.2, 0.25) is 17.7 Å². The summed E-state index contributed by atoms with van der Waals surface area (Å²) in [6, 6.07) is 0.512. The molecule has 0 fully saturated rings. The molecule has 3 amide bonds. The van der Waals surface area contributed by atoms with E-state index in [1.54, 1.807) is 6.92 Å². The zero-order valence-electron chi connectivity index (χ0n) is 21.0. The summed E-state index contributed by atoms with van der Waals surface area (Å²) in [5.74, 6) is -5.46. The first kappa shape index (κ1) is 31.3. The number of aliphatic carboxylic acids is 2.